The quantitative estimate of drug-likeness (QED) is 0.269. The van der Waals surface area contributed by atoms with E-state index >= 15 is 0 Å². The van der Waals surface area contributed by atoms with E-state index in [4.69, 9.17) is 34.6 Å². The fourth-order valence-electron chi connectivity index (χ4n) is 3.85. The topological polar surface area (TPSA) is 183 Å². The van der Waals surface area contributed by atoms with Gasteiger partial charge in [0, 0.05) is 25.2 Å². The number of benzene rings is 2. The molecule has 224 valence electrons. The van der Waals surface area contributed by atoms with Crippen LogP contribution in [0.1, 0.15) is 24.0 Å². The van der Waals surface area contributed by atoms with Crippen LogP contribution in [-0.4, -0.2) is 107 Å². The Hall–Kier alpha value is -4.36. The summed E-state index contributed by atoms with van der Waals surface area (Å²) in [4.78, 5) is 47.5. The van der Waals surface area contributed by atoms with Crippen molar-refractivity contribution in [3.8, 4) is 17.2 Å². The number of carbonyl (C=O) groups is 4. The largest absolute Gasteiger partial charge is 0.496 e. The summed E-state index contributed by atoms with van der Waals surface area (Å²) in [5, 5.41) is 33.8. The molecule has 1 aliphatic rings. The van der Waals surface area contributed by atoms with Crippen LogP contribution < -0.4 is 14.2 Å². The second kappa shape index (κ2) is 15.4. The van der Waals surface area contributed by atoms with Crippen LogP contribution in [-0.2, 0) is 32.1 Å². The van der Waals surface area contributed by atoms with Crippen LogP contribution in [0.4, 0.5) is 0 Å². The summed E-state index contributed by atoms with van der Waals surface area (Å²) in [5.74, 6) is -2.70. The number of carbonyl (C=O) groups excluding carboxylic acids is 1. The minimum Gasteiger partial charge on any atom is -0.496 e. The molecule has 0 atom stereocenters. The zero-order valence-corrected chi connectivity index (χ0v) is 23.2. The average Bonchev–Trinajstić information content (AvgIpc) is 2.90. The molecule has 1 amide bonds. The lowest BCUT2D eigenvalue weighted by Crippen LogP contribution is -2.42. The SMILES string of the molecule is COc1ccccc1CN(CCN(C)C)C(=O)Cc1ccc2c(c1)OCCO2.O=C(O)CC(O)(CC(=O)O)C(=O)O. The number of para-hydroxylation sites is 1. The number of aliphatic hydroxyl groups is 1. The van der Waals surface area contributed by atoms with Gasteiger partial charge in [0.05, 0.1) is 26.4 Å². The Labute approximate surface area is 237 Å². The maximum atomic E-state index is 13.1. The molecule has 0 fully saturated rings. The maximum Gasteiger partial charge on any atom is 0.336 e. The number of likely N-dealkylation sites (N-methyl/N-ethyl adjacent to an activating group) is 1. The predicted octanol–water partition coefficient (Wildman–Crippen LogP) is 1.35. The monoisotopic (exact) mass is 576 g/mol. The van der Waals surface area contributed by atoms with Crippen molar-refractivity contribution in [2.45, 2.75) is 31.4 Å². The lowest BCUT2D eigenvalue weighted by molar-refractivity contribution is -0.170. The van der Waals surface area contributed by atoms with Gasteiger partial charge in [0.2, 0.25) is 5.91 Å². The van der Waals surface area contributed by atoms with Gasteiger partial charge < -0.3 is 44.4 Å². The van der Waals surface area contributed by atoms with Gasteiger partial charge in [-0.25, -0.2) is 4.79 Å². The summed E-state index contributed by atoms with van der Waals surface area (Å²) in [6.07, 6.45) is -1.97. The van der Waals surface area contributed by atoms with Crippen LogP contribution >= 0.6 is 0 Å². The Morgan fingerprint density at radius 3 is 2.07 bits per heavy atom. The molecule has 13 nitrogen and oxygen atoms in total. The summed E-state index contributed by atoms with van der Waals surface area (Å²) >= 11 is 0. The van der Waals surface area contributed by atoms with Crippen molar-refractivity contribution < 1.29 is 53.8 Å². The first kappa shape index (κ1) is 32.8. The van der Waals surface area contributed by atoms with Gasteiger partial charge in [0.25, 0.3) is 0 Å². The van der Waals surface area contributed by atoms with Gasteiger partial charge in [-0.2, -0.15) is 0 Å². The first-order valence-corrected chi connectivity index (χ1v) is 12.7. The van der Waals surface area contributed by atoms with Crippen molar-refractivity contribution >= 4 is 23.8 Å². The highest BCUT2D eigenvalue weighted by Gasteiger charge is 2.40. The molecule has 0 saturated carbocycles. The molecule has 4 N–H and O–H groups in total. The summed E-state index contributed by atoms with van der Waals surface area (Å²) in [5.41, 5.74) is -0.819. The molecule has 0 saturated heterocycles. The third-order valence-electron chi connectivity index (χ3n) is 5.97. The zero-order valence-electron chi connectivity index (χ0n) is 23.2. The van der Waals surface area contributed by atoms with Crippen LogP contribution in [0.5, 0.6) is 17.2 Å². The van der Waals surface area contributed by atoms with Crippen molar-refractivity contribution in [3.05, 3.63) is 53.6 Å². The van der Waals surface area contributed by atoms with E-state index in [1.165, 1.54) is 0 Å². The molecular weight excluding hydrogens is 540 g/mol. The van der Waals surface area contributed by atoms with E-state index in [1.807, 2.05) is 61.5 Å². The molecule has 3 rings (SSSR count). The van der Waals surface area contributed by atoms with E-state index in [-0.39, 0.29) is 5.91 Å². The second-order valence-corrected chi connectivity index (χ2v) is 9.56. The van der Waals surface area contributed by atoms with E-state index in [9.17, 15) is 19.2 Å². The standard InChI is InChI=1S/C22H28N2O4.C6H8O7/c1-23(2)10-11-24(16-18-6-4-5-7-19(18)26-3)22(25)15-17-8-9-20-21(14-17)28-13-12-27-20;7-3(8)1-6(13,5(11)12)2-4(9)10/h4-9,14H,10-13,15-16H2,1-3H3;13H,1-2H2,(H,7,8)(H,9,10)(H,11,12). The van der Waals surface area contributed by atoms with Crippen molar-refractivity contribution in [2.75, 3.05) is 47.5 Å². The molecule has 0 aliphatic carbocycles. The molecule has 1 heterocycles. The summed E-state index contributed by atoms with van der Waals surface area (Å²) in [7, 11) is 5.67. The molecule has 41 heavy (non-hydrogen) atoms. The number of rotatable bonds is 13. The van der Waals surface area contributed by atoms with Gasteiger partial charge in [-0.3, -0.25) is 14.4 Å². The number of hydrogen-bond acceptors (Lipinski definition) is 9. The number of nitrogens with zero attached hydrogens (tertiary/aromatic N) is 2. The average molecular weight is 577 g/mol. The van der Waals surface area contributed by atoms with E-state index in [0.717, 1.165) is 29.2 Å². The Bertz CT molecular complexity index is 1200. The number of aliphatic carboxylic acids is 3. The minimum absolute atomic E-state index is 0.0735. The van der Waals surface area contributed by atoms with Gasteiger partial charge in [-0.15, -0.1) is 0 Å². The number of ether oxygens (including phenoxy) is 3. The van der Waals surface area contributed by atoms with Gasteiger partial charge in [0.15, 0.2) is 17.1 Å². The normalized spacial score (nSPS) is 12.1. The smallest absolute Gasteiger partial charge is 0.336 e. The highest BCUT2D eigenvalue weighted by atomic mass is 16.6. The first-order chi connectivity index (χ1) is 19.3. The Morgan fingerprint density at radius 1 is 0.902 bits per heavy atom. The third-order valence-corrected chi connectivity index (χ3v) is 5.97. The summed E-state index contributed by atoms with van der Waals surface area (Å²) in [6, 6.07) is 13.5. The Balaban J connectivity index is 0.000000383. The van der Waals surface area contributed by atoms with Gasteiger partial charge in [-0.1, -0.05) is 24.3 Å². The predicted molar refractivity (Wildman–Crippen MR) is 145 cm³/mol. The Kier molecular flexibility index (Phi) is 12.4. The number of amides is 1. The van der Waals surface area contributed by atoms with Crippen LogP contribution in [0.2, 0.25) is 0 Å². The zero-order chi connectivity index (χ0) is 30.6. The molecule has 0 bridgehead atoms. The summed E-state index contributed by atoms with van der Waals surface area (Å²) < 4.78 is 16.7. The van der Waals surface area contributed by atoms with Gasteiger partial charge in [0.1, 0.15) is 19.0 Å². The van der Waals surface area contributed by atoms with Gasteiger partial charge in [-0.05, 0) is 37.9 Å². The second-order valence-electron chi connectivity index (χ2n) is 9.56. The molecule has 1 aliphatic heterocycles. The van der Waals surface area contributed by atoms with Crippen LogP contribution in [0.3, 0.4) is 0 Å². The summed E-state index contributed by atoms with van der Waals surface area (Å²) in [6.45, 7) is 3.05. The molecule has 2 aromatic rings. The van der Waals surface area contributed by atoms with E-state index in [2.05, 4.69) is 4.90 Å². The van der Waals surface area contributed by atoms with Crippen molar-refractivity contribution in [2.24, 2.45) is 0 Å². The highest BCUT2D eigenvalue weighted by Crippen LogP contribution is 2.31. The van der Waals surface area contributed by atoms with E-state index < -0.39 is 36.4 Å². The number of carboxylic acids is 3. The maximum absolute atomic E-state index is 13.1. The van der Waals surface area contributed by atoms with Crippen molar-refractivity contribution in [1.82, 2.24) is 9.80 Å². The lowest BCUT2D eigenvalue weighted by atomic mass is 9.96. The molecule has 0 spiro atoms. The van der Waals surface area contributed by atoms with E-state index in [1.54, 1.807) is 7.11 Å². The molecular formula is C28H36N2O11. The van der Waals surface area contributed by atoms with Crippen LogP contribution in [0.15, 0.2) is 42.5 Å². The first-order valence-electron chi connectivity index (χ1n) is 12.7. The molecule has 2 aromatic carbocycles. The van der Waals surface area contributed by atoms with E-state index in [0.29, 0.717) is 38.5 Å². The molecule has 13 heteroatoms. The fourth-order valence-corrected chi connectivity index (χ4v) is 3.85. The van der Waals surface area contributed by atoms with Crippen LogP contribution in [0, 0.1) is 0 Å². The van der Waals surface area contributed by atoms with Crippen LogP contribution in [0.25, 0.3) is 0 Å². The number of hydrogen-bond donors (Lipinski definition) is 4. The molecule has 0 radical (unpaired) electrons. The Morgan fingerprint density at radius 2 is 1.51 bits per heavy atom. The fraction of sp³-hybridized carbons (Fsp3) is 0.429. The number of fused-ring (bicyclic) bond motifs is 1. The highest BCUT2D eigenvalue weighted by molar-refractivity contribution is 5.88. The lowest BCUT2D eigenvalue weighted by Gasteiger charge is -2.26. The van der Waals surface area contributed by atoms with Crippen molar-refractivity contribution in [1.29, 1.82) is 0 Å². The number of carboxylic acid groups (broad SMARTS) is 3. The number of methoxy groups -OCH3 is 1. The van der Waals surface area contributed by atoms with Crippen molar-refractivity contribution in [3.63, 3.8) is 0 Å². The van der Waals surface area contributed by atoms with Gasteiger partial charge >= 0.3 is 17.9 Å². The minimum atomic E-state index is -2.74. The molecule has 0 aromatic heterocycles. The molecule has 0 unspecified atom stereocenters. The third kappa shape index (κ3) is 10.6.